The number of nitrogen functional groups attached to an aromatic ring is 1. The fourth-order valence-corrected chi connectivity index (χ4v) is 3.20. The Hall–Kier alpha value is -2.22. The van der Waals surface area contributed by atoms with Crippen LogP contribution in [0.3, 0.4) is 0 Å². The molecule has 8 heteroatoms. The lowest BCUT2D eigenvalue weighted by Gasteiger charge is -2.12. The first-order valence-corrected chi connectivity index (χ1v) is 8.84. The predicted molar refractivity (Wildman–Crippen MR) is 93.2 cm³/mol. The monoisotopic (exact) mass is 347 g/mol. The molecule has 7 nitrogen and oxygen atoms in total. The maximum absolute atomic E-state index is 12.0. The summed E-state index contributed by atoms with van der Waals surface area (Å²) in [5.74, 6) is 8.14. The van der Waals surface area contributed by atoms with E-state index >= 15 is 0 Å². The summed E-state index contributed by atoms with van der Waals surface area (Å²) < 4.78 is 6.72. The van der Waals surface area contributed by atoms with Crippen molar-refractivity contribution in [3.63, 3.8) is 0 Å². The Bertz CT molecular complexity index is 729. The molecule has 24 heavy (non-hydrogen) atoms. The molecule has 1 saturated carbocycles. The van der Waals surface area contributed by atoms with E-state index in [2.05, 4.69) is 15.5 Å². The van der Waals surface area contributed by atoms with Gasteiger partial charge in [0, 0.05) is 6.04 Å². The molecular weight excluding hydrogens is 326 g/mol. The Morgan fingerprint density at radius 3 is 2.92 bits per heavy atom. The molecule has 0 spiro atoms. The Labute approximate surface area is 144 Å². The Balaban J connectivity index is 1.65. The molecule has 1 amide bonds. The van der Waals surface area contributed by atoms with E-state index in [0.29, 0.717) is 22.6 Å². The minimum absolute atomic E-state index is 0.0127. The van der Waals surface area contributed by atoms with Crippen molar-refractivity contribution in [3.8, 4) is 17.1 Å². The summed E-state index contributed by atoms with van der Waals surface area (Å²) in [5.41, 5.74) is 0.758. The minimum atomic E-state index is -0.0127. The molecule has 1 aromatic carbocycles. The summed E-state index contributed by atoms with van der Waals surface area (Å²) in [6.45, 7) is 2.05. The van der Waals surface area contributed by atoms with Gasteiger partial charge in [-0.2, -0.15) is 0 Å². The highest BCUT2D eigenvalue weighted by Gasteiger charge is 2.28. The number of hydrogen-bond donors (Lipinski definition) is 2. The van der Waals surface area contributed by atoms with Crippen molar-refractivity contribution in [3.05, 3.63) is 24.3 Å². The van der Waals surface area contributed by atoms with Crippen molar-refractivity contribution in [2.24, 2.45) is 5.92 Å². The quantitative estimate of drug-likeness (QED) is 0.584. The molecule has 2 aromatic rings. The van der Waals surface area contributed by atoms with Crippen LogP contribution in [0.2, 0.25) is 0 Å². The highest BCUT2D eigenvalue weighted by molar-refractivity contribution is 7.99. The number of nitrogens with zero attached hydrogens (tertiary/aromatic N) is 3. The lowest BCUT2D eigenvalue weighted by atomic mass is 10.2. The number of nitrogens with two attached hydrogens (primary N) is 1. The molecule has 128 valence electrons. The average Bonchev–Trinajstić information content (AvgIpc) is 3.37. The number of nitrogens with one attached hydrogen (secondary N) is 1. The maximum atomic E-state index is 12.0. The van der Waals surface area contributed by atoms with Gasteiger partial charge in [-0.3, -0.25) is 4.79 Å². The van der Waals surface area contributed by atoms with E-state index in [-0.39, 0.29) is 17.7 Å². The van der Waals surface area contributed by atoms with Gasteiger partial charge in [0.15, 0.2) is 5.82 Å². The number of aromatic nitrogens is 3. The van der Waals surface area contributed by atoms with Gasteiger partial charge in [-0.05, 0) is 37.8 Å². The zero-order valence-corrected chi connectivity index (χ0v) is 14.5. The number of carbonyl (C=O) groups is 1. The number of rotatable bonds is 7. The van der Waals surface area contributed by atoms with Gasteiger partial charge in [0.25, 0.3) is 0 Å². The second-order valence-corrected chi connectivity index (χ2v) is 6.80. The van der Waals surface area contributed by atoms with Crippen LogP contribution in [0.1, 0.15) is 19.8 Å². The molecule has 0 saturated heterocycles. The van der Waals surface area contributed by atoms with Gasteiger partial charge in [-0.1, -0.05) is 23.9 Å². The average molecular weight is 347 g/mol. The van der Waals surface area contributed by atoms with Crippen LogP contribution < -0.4 is 15.9 Å². The van der Waals surface area contributed by atoms with Gasteiger partial charge in [0.2, 0.25) is 11.1 Å². The first-order chi connectivity index (χ1) is 11.6. The smallest absolute Gasteiger partial charge is 0.230 e. The van der Waals surface area contributed by atoms with Crippen LogP contribution in [0.25, 0.3) is 11.4 Å². The fraction of sp³-hybridized carbons (Fsp3) is 0.438. The van der Waals surface area contributed by atoms with Gasteiger partial charge in [-0.25, -0.2) is 4.68 Å². The van der Waals surface area contributed by atoms with Gasteiger partial charge in [0.1, 0.15) is 5.75 Å². The number of thioether (sulfide) groups is 1. The number of para-hydroxylation sites is 1. The van der Waals surface area contributed by atoms with Crippen LogP contribution in [-0.4, -0.2) is 39.7 Å². The van der Waals surface area contributed by atoms with Crippen molar-refractivity contribution in [1.29, 1.82) is 0 Å². The second-order valence-electron chi connectivity index (χ2n) is 5.86. The van der Waals surface area contributed by atoms with Crippen LogP contribution in [0.5, 0.6) is 5.75 Å². The molecule has 1 aliphatic carbocycles. The summed E-state index contributed by atoms with van der Waals surface area (Å²) in [6.07, 6.45) is 2.40. The summed E-state index contributed by atoms with van der Waals surface area (Å²) in [7, 11) is 1.59. The van der Waals surface area contributed by atoms with Crippen molar-refractivity contribution >= 4 is 17.7 Å². The van der Waals surface area contributed by atoms with E-state index in [0.717, 1.165) is 5.56 Å². The summed E-state index contributed by atoms with van der Waals surface area (Å²) in [4.78, 5) is 12.0. The SMILES string of the molecule is COc1ccccc1-c1nnc(SCC(=O)NC(C)C2CC2)n1N. The molecule has 1 aromatic heterocycles. The highest BCUT2D eigenvalue weighted by Crippen LogP contribution is 2.32. The predicted octanol–water partition coefficient (Wildman–Crippen LogP) is 1.67. The lowest BCUT2D eigenvalue weighted by molar-refractivity contribution is -0.119. The first kappa shape index (κ1) is 16.6. The van der Waals surface area contributed by atoms with Gasteiger partial charge >= 0.3 is 0 Å². The van der Waals surface area contributed by atoms with Crippen molar-refractivity contribution in [1.82, 2.24) is 20.2 Å². The van der Waals surface area contributed by atoms with Crippen LogP contribution >= 0.6 is 11.8 Å². The third-order valence-electron chi connectivity index (χ3n) is 4.06. The number of amides is 1. The molecule has 1 fully saturated rings. The van der Waals surface area contributed by atoms with Gasteiger partial charge in [-0.15, -0.1) is 10.2 Å². The molecule has 0 aliphatic heterocycles. The zero-order chi connectivity index (χ0) is 17.1. The molecule has 0 radical (unpaired) electrons. The molecule has 1 aliphatic rings. The molecule has 1 heterocycles. The number of carbonyl (C=O) groups excluding carboxylic acids is 1. The zero-order valence-electron chi connectivity index (χ0n) is 13.7. The third-order valence-corrected chi connectivity index (χ3v) is 5.01. The normalized spacial score (nSPS) is 15.1. The molecular formula is C16H21N5O2S. The Morgan fingerprint density at radius 1 is 1.46 bits per heavy atom. The summed E-state index contributed by atoms with van der Waals surface area (Å²) in [5, 5.41) is 11.7. The number of hydrogen-bond acceptors (Lipinski definition) is 6. The van der Waals surface area contributed by atoms with E-state index in [1.807, 2.05) is 31.2 Å². The van der Waals surface area contributed by atoms with E-state index in [1.54, 1.807) is 7.11 Å². The standard InChI is InChI=1S/C16H21N5O2S/c1-10(11-7-8-11)18-14(22)9-24-16-20-19-15(21(16)17)12-5-3-4-6-13(12)23-2/h3-6,10-11H,7-9,17H2,1-2H3,(H,18,22). The summed E-state index contributed by atoms with van der Waals surface area (Å²) in [6, 6.07) is 7.69. The lowest BCUT2D eigenvalue weighted by Crippen LogP contribution is -2.35. The molecule has 3 N–H and O–H groups in total. The van der Waals surface area contributed by atoms with Crippen LogP contribution in [0.15, 0.2) is 29.4 Å². The van der Waals surface area contributed by atoms with E-state index in [4.69, 9.17) is 10.6 Å². The van der Waals surface area contributed by atoms with Crippen LogP contribution in [-0.2, 0) is 4.79 Å². The van der Waals surface area contributed by atoms with Crippen molar-refractivity contribution in [2.75, 3.05) is 18.7 Å². The van der Waals surface area contributed by atoms with Crippen LogP contribution in [0, 0.1) is 5.92 Å². The number of ether oxygens (including phenoxy) is 1. The van der Waals surface area contributed by atoms with E-state index in [1.165, 1.54) is 29.3 Å². The first-order valence-electron chi connectivity index (χ1n) is 7.86. The molecule has 0 bridgehead atoms. The largest absolute Gasteiger partial charge is 0.496 e. The molecule has 1 atom stereocenters. The third kappa shape index (κ3) is 3.64. The number of methoxy groups -OCH3 is 1. The summed E-state index contributed by atoms with van der Waals surface area (Å²) >= 11 is 1.27. The molecule has 3 rings (SSSR count). The van der Waals surface area contributed by atoms with Gasteiger partial charge < -0.3 is 15.9 Å². The van der Waals surface area contributed by atoms with Gasteiger partial charge in [0.05, 0.1) is 18.4 Å². The topological polar surface area (TPSA) is 95.1 Å². The van der Waals surface area contributed by atoms with Crippen molar-refractivity contribution in [2.45, 2.75) is 31.0 Å². The Morgan fingerprint density at radius 2 is 2.21 bits per heavy atom. The minimum Gasteiger partial charge on any atom is -0.496 e. The Kier molecular flexibility index (Phi) is 4.94. The highest BCUT2D eigenvalue weighted by atomic mass is 32.2. The van der Waals surface area contributed by atoms with E-state index in [9.17, 15) is 4.79 Å². The maximum Gasteiger partial charge on any atom is 0.230 e. The fourth-order valence-electron chi connectivity index (χ4n) is 2.53. The van der Waals surface area contributed by atoms with Crippen molar-refractivity contribution < 1.29 is 9.53 Å². The van der Waals surface area contributed by atoms with Crippen LogP contribution in [0.4, 0.5) is 0 Å². The second kappa shape index (κ2) is 7.12. The number of benzene rings is 1. The molecule has 1 unspecified atom stereocenters. The van der Waals surface area contributed by atoms with E-state index < -0.39 is 0 Å².